The fraction of sp³-hybridized carbons (Fsp3) is 0.714. The van der Waals surface area contributed by atoms with E-state index in [1.165, 1.54) is 44.1 Å². The molecule has 1 heterocycles. The molecule has 0 aromatic heterocycles. The summed E-state index contributed by atoms with van der Waals surface area (Å²) in [5, 5.41) is 3.34. The van der Waals surface area contributed by atoms with Crippen LogP contribution in [0.25, 0.3) is 0 Å². The van der Waals surface area contributed by atoms with Crippen LogP contribution in [-0.4, -0.2) is 6.54 Å². The predicted octanol–water partition coefficient (Wildman–Crippen LogP) is 4.03. The van der Waals surface area contributed by atoms with E-state index in [-0.39, 0.29) is 0 Å². The average Bonchev–Trinajstić information content (AvgIpc) is 2.26. The van der Waals surface area contributed by atoms with Gasteiger partial charge in [-0.15, -0.1) is 0 Å². The zero-order chi connectivity index (χ0) is 10.9. The monoisotopic (exact) mass is 207 g/mol. The molecule has 1 atom stereocenters. The summed E-state index contributed by atoms with van der Waals surface area (Å²) in [5.74, 6) is 0.910. The molecule has 0 aromatic rings. The van der Waals surface area contributed by atoms with Gasteiger partial charge in [0.2, 0.25) is 0 Å². The average molecular weight is 207 g/mol. The smallest absolute Gasteiger partial charge is 0.0141 e. The van der Waals surface area contributed by atoms with Gasteiger partial charge in [-0.2, -0.15) is 0 Å². The van der Waals surface area contributed by atoms with Gasteiger partial charge in [0.1, 0.15) is 0 Å². The first-order chi connectivity index (χ1) is 7.33. The molecule has 1 unspecified atom stereocenters. The van der Waals surface area contributed by atoms with Crippen LogP contribution in [0.2, 0.25) is 0 Å². The Labute approximate surface area is 94.6 Å². The Morgan fingerprint density at radius 1 is 1.47 bits per heavy atom. The standard InChI is InChI=1S/C14H25N/c1-3-4-6-14-7-5-11-15-12-10-13(2)8-9-14/h8,10,12,14-15H,3-7,9,11H2,1-2H3/b12-10-,13-8-. The highest BCUT2D eigenvalue weighted by molar-refractivity contribution is 5.15. The number of hydrogen-bond donors (Lipinski definition) is 1. The molecule has 0 saturated heterocycles. The molecule has 1 rings (SSSR count). The van der Waals surface area contributed by atoms with E-state index >= 15 is 0 Å². The van der Waals surface area contributed by atoms with Crippen LogP contribution in [0.5, 0.6) is 0 Å². The van der Waals surface area contributed by atoms with Crippen LogP contribution in [0.4, 0.5) is 0 Å². The summed E-state index contributed by atoms with van der Waals surface area (Å²) in [6.45, 7) is 5.61. The lowest BCUT2D eigenvalue weighted by Gasteiger charge is -2.16. The summed E-state index contributed by atoms with van der Waals surface area (Å²) in [7, 11) is 0. The number of allylic oxidation sites excluding steroid dienone is 3. The van der Waals surface area contributed by atoms with E-state index in [0.29, 0.717) is 0 Å². The van der Waals surface area contributed by atoms with Gasteiger partial charge >= 0.3 is 0 Å². The SMILES string of the molecule is CCCCC1C/C=C(C)\C=C/NCCC1. The van der Waals surface area contributed by atoms with Crippen molar-refractivity contribution < 1.29 is 0 Å². The third-order valence-corrected chi connectivity index (χ3v) is 3.14. The van der Waals surface area contributed by atoms with E-state index in [0.717, 1.165) is 12.5 Å². The molecule has 86 valence electrons. The van der Waals surface area contributed by atoms with Crippen LogP contribution in [0, 0.1) is 5.92 Å². The van der Waals surface area contributed by atoms with Gasteiger partial charge in [-0.3, -0.25) is 0 Å². The van der Waals surface area contributed by atoms with Crippen molar-refractivity contribution in [3.63, 3.8) is 0 Å². The van der Waals surface area contributed by atoms with Crippen LogP contribution in [0.1, 0.15) is 52.4 Å². The first kappa shape index (κ1) is 12.4. The van der Waals surface area contributed by atoms with Crippen molar-refractivity contribution in [1.29, 1.82) is 0 Å². The van der Waals surface area contributed by atoms with Crippen molar-refractivity contribution in [1.82, 2.24) is 5.32 Å². The highest BCUT2D eigenvalue weighted by Crippen LogP contribution is 2.20. The minimum atomic E-state index is 0.910. The lowest BCUT2D eigenvalue weighted by molar-refractivity contribution is 0.423. The van der Waals surface area contributed by atoms with Crippen molar-refractivity contribution in [2.45, 2.75) is 52.4 Å². The molecule has 15 heavy (non-hydrogen) atoms. The molecule has 1 aliphatic rings. The fourth-order valence-corrected chi connectivity index (χ4v) is 2.06. The zero-order valence-electron chi connectivity index (χ0n) is 10.3. The second-order valence-corrected chi connectivity index (χ2v) is 4.62. The quantitative estimate of drug-likeness (QED) is 0.737. The Balaban J connectivity index is 2.44. The summed E-state index contributed by atoms with van der Waals surface area (Å²) in [5.41, 5.74) is 1.39. The Bertz CT molecular complexity index is 215. The minimum Gasteiger partial charge on any atom is -0.391 e. The second-order valence-electron chi connectivity index (χ2n) is 4.62. The molecular formula is C14H25N. The van der Waals surface area contributed by atoms with Crippen molar-refractivity contribution in [2.75, 3.05) is 6.54 Å². The van der Waals surface area contributed by atoms with Crippen LogP contribution in [0.15, 0.2) is 23.9 Å². The van der Waals surface area contributed by atoms with Gasteiger partial charge < -0.3 is 5.32 Å². The summed E-state index contributed by atoms with van der Waals surface area (Å²) >= 11 is 0. The van der Waals surface area contributed by atoms with Crippen LogP contribution in [0.3, 0.4) is 0 Å². The van der Waals surface area contributed by atoms with Gasteiger partial charge in [0.25, 0.3) is 0 Å². The molecular weight excluding hydrogens is 182 g/mol. The zero-order valence-corrected chi connectivity index (χ0v) is 10.3. The molecule has 0 fully saturated rings. The maximum Gasteiger partial charge on any atom is 0.0141 e. The van der Waals surface area contributed by atoms with Crippen molar-refractivity contribution in [3.05, 3.63) is 23.9 Å². The maximum absolute atomic E-state index is 3.34. The van der Waals surface area contributed by atoms with Gasteiger partial charge in [0.05, 0.1) is 0 Å². The molecule has 0 saturated carbocycles. The highest BCUT2D eigenvalue weighted by atomic mass is 14.8. The van der Waals surface area contributed by atoms with Crippen LogP contribution < -0.4 is 5.32 Å². The first-order valence-corrected chi connectivity index (χ1v) is 6.39. The van der Waals surface area contributed by atoms with E-state index in [1.54, 1.807) is 0 Å². The van der Waals surface area contributed by atoms with Gasteiger partial charge in [-0.1, -0.05) is 37.8 Å². The molecule has 1 aliphatic heterocycles. The number of hydrogen-bond acceptors (Lipinski definition) is 1. The number of nitrogens with one attached hydrogen (secondary N) is 1. The molecule has 0 amide bonds. The third kappa shape index (κ3) is 5.66. The van der Waals surface area contributed by atoms with E-state index in [9.17, 15) is 0 Å². The Kier molecular flexibility index (Phi) is 6.22. The molecule has 0 radical (unpaired) electrons. The predicted molar refractivity (Wildman–Crippen MR) is 67.8 cm³/mol. The molecule has 0 aliphatic carbocycles. The van der Waals surface area contributed by atoms with E-state index in [4.69, 9.17) is 0 Å². The van der Waals surface area contributed by atoms with E-state index in [1.807, 2.05) is 0 Å². The van der Waals surface area contributed by atoms with Crippen molar-refractivity contribution in [3.8, 4) is 0 Å². The minimum absolute atomic E-state index is 0.910. The number of unbranched alkanes of at least 4 members (excludes halogenated alkanes) is 1. The topological polar surface area (TPSA) is 12.0 Å². The molecule has 1 N–H and O–H groups in total. The van der Waals surface area contributed by atoms with Crippen molar-refractivity contribution >= 4 is 0 Å². The lowest BCUT2D eigenvalue weighted by Crippen LogP contribution is -2.10. The fourth-order valence-electron chi connectivity index (χ4n) is 2.06. The highest BCUT2D eigenvalue weighted by Gasteiger charge is 2.06. The largest absolute Gasteiger partial charge is 0.391 e. The molecule has 1 nitrogen and oxygen atoms in total. The summed E-state index contributed by atoms with van der Waals surface area (Å²) in [6.07, 6.45) is 14.7. The second kappa shape index (κ2) is 7.56. The Morgan fingerprint density at radius 2 is 2.33 bits per heavy atom. The van der Waals surface area contributed by atoms with Gasteiger partial charge in [0, 0.05) is 6.54 Å². The molecule has 0 aromatic carbocycles. The van der Waals surface area contributed by atoms with Crippen LogP contribution in [-0.2, 0) is 0 Å². The van der Waals surface area contributed by atoms with E-state index < -0.39 is 0 Å². The van der Waals surface area contributed by atoms with Gasteiger partial charge in [-0.05, 0) is 44.4 Å². The first-order valence-electron chi connectivity index (χ1n) is 6.39. The van der Waals surface area contributed by atoms with Crippen molar-refractivity contribution in [2.24, 2.45) is 5.92 Å². The van der Waals surface area contributed by atoms with Gasteiger partial charge in [0.15, 0.2) is 0 Å². The van der Waals surface area contributed by atoms with Crippen LogP contribution >= 0.6 is 0 Å². The Hall–Kier alpha value is -0.720. The molecule has 0 bridgehead atoms. The summed E-state index contributed by atoms with van der Waals surface area (Å²) < 4.78 is 0. The lowest BCUT2D eigenvalue weighted by atomic mass is 9.92. The number of rotatable bonds is 3. The molecule has 0 spiro atoms. The summed E-state index contributed by atoms with van der Waals surface area (Å²) in [6, 6.07) is 0. The van der Waals surface area contributed by atoms with Gasteiger partial charge in [-0.25, -0.2) is 0 Å². The normalized spacial score (nSPS) is 28.7. The Morgan fingerprint density at radius 3 is 3.13 bits per heavy atom. The summed E-state index contributed by atoms with van der Waals surface area (Å²) in [4.78, 5) is 0. The van der Waals surface area contributed by atoms with E-state index in [2.05, 4.69) is 37.5 Å². The molecule has 1 heteroatoms. The maximum atomic E-state index is 3.34. The third-order valence-electron chi connectivity index (χ3n) is 3.14.